The number of rotatable bonds is 5. The first-order valence-electron chi connectivity index (χ1n) is 9.44. The van der Waals surface area contributed by atoms with E-state index in [9.17, 15) is 14.7 Å². The Kier molecular flexibility index (Phi) is 5.04. The van der Waals surface area contributed by atoms with Crippen molar-refractivity contribution in [1.82, 2.24) is 0 Å². The molecule has 0 spiro atoms. The fraction of sp³-hybridized carbons (Fsp3) is 0.167. The number of anilines is 1. The molecule has 0 unspecified atom stereocenters. The number of amides is 1. The van der Waals surface area contributed by atoms with Gasteiger partial charge >= 0.3 is 12.1 Å². The Balaban J connectivity index is 1.80. The van der Waals surface area contributed by atoms with Crippen LogP contribution in [0.15, 0.2) is 72.8 Å². The number of carboxylic acids is 1. The van der Waals surface area contributed by atoms with Crippen LogP contribution >= 0.6 is 0 Å². The fourth-order valence-corrected chi connectivity index (χ4v) is 3.98. The summed E-state index contributed by atoms with van der Waals surface area (Å²) in [5.74, 6) is -1.08. The van der Waals surface area contributed by atoms with Gasteiger partial charge in [0.1, 0.15) is 6.04 Å². The molecule has 3 aromatic carbocycles. The molecule has 5 heteroatoms. The standard InChI is InChI=1S/C24H21NO4/c1-29-24(28)25(22(23(26)27)14-16-8-3-2-4-9-16)21-13-7-12-19-18-11-6-5-10-17(18)15-20(19)21/h2-13,22H,14-15H2,1H3,(H,26,27)/t22-/m0/s1. The van der Waals surface area contributed by atoms with Gasteiger partial charge in [-0.25, -0.2) is 9.59 Å². The van der Waals surface area contributed by atoms with Crippen LogP contribution in [0.3, 0.4) is 0 Å². The van der Waals surface area contributed by atoms with Crippen molar-refractivity contribution in [3.63, 3.8) is 0 Å². The molecule has 0 bridgehead atoms. The number of ether oxygens (including phenoxy) is 1. The van der Waals surface area contributed by atoms with Crippen molar-refractivity contribution in [2.24, 2.45) is 0 Å². The van der Waals surface area contributed by atoms with Crippen molar-refractivity contribution < 1.29 is 19.4 Å². The van der Waals surface area contributed by atoms with E-state index in [1.807, 2.05) is 60.7 Å². The van der Waals surface area contributed by atoms with E-state index in [2.05, 4.69) is 6.07 Å². The summed E-state index contributed by atoms with van der Waals surface area (Å²) >= 11 is 0. The molecule has 0 aliphatic heterocycles. The van der Waals surface area contributed by atoms with E-state index in [4.69, 9.17) is 4.74 Å². The number of benzene rings is 3. The summed E-state index contributed by atoms with van der Waals surface area (Å²) in [7, 11) is 1.27. The predicted molar refractivity (Wildman–Crippen MR) is 111 cm³/mol. The van der Waals surface area contributed by atoms with Crippen molar-refractivity contribution in [2.45, 2.75) is 18.9 Å². The molecule has 29 heavy (non-hydrogen) atoms. The van der Waals surface area contributed by atoms with Crippen LogP contribution in [0.4, 0.5) is 10.5 Å². The maximum Gasteiger partial charge on any atom is 0.414 e. The lowest BCUT2D eigenvalue weighted by Crippen LogP contribution is -2.47. The average Bonchev–Trinajstić information content (AvgIpc) is 3.13. The predicted octanol–water partition coefficient (Wildman–Crippen LogP) is 4.53. The zero-order chi connectivity index (χ0) is 20.4. The van der Waals surface area contributed by atoms with Crippen molar-refractivity contribution >= 4 is 17.7 Å². The van der Waals surface area contributed by atoms with Crippen molar-refractivity contribution in [1.29, 1.82) is 0 Å². The number of carbonyl (C=O) groups is 2. The summed E-state index contributed by atoms with van der Waals surface area (Å²) < 4.78 is 5.00. The second kappa shape index (κ2) is 7.80. The molecular formula is C24H21NO4. The highest BCUT2D eigenvalue weighted by molar-refractivity contribution is 5.98. The third-order valence-electron chi connectivity index (χ3n) is 5.33. The Bertz CT molecular complexity index is 1060. The van der Waals surface area contributed by atoms with Gasteiger partial charge in [0.25, 0.3) is 0 Å². The number of hydrogen-bond donors (Lipinski definition) is 1. The minimum Gasteiger partial charge on any atom is -0.480 e. The maximum atomic E-state index is 12.8. The van der Waals surface area contributed by atoms with Crippen LogP contribution in [0.2, 0.25) is 0 Å². The summed E-state index contributed by atoms with van der Waals surface area (Å²) in [4.78, 5) is 26.2. The average molecular weight is 387 g/mol. The summed E-state index contributed by atoms with van der Waals surface area (Å²) in [6, 6.07) is 21.9. The van der Waals surface area contributed by atoms with E-state index in [1.165, 1.54) is 12.0 Å². The fourth-order valence-electron chi connectivity index (χ4n) is 3.98. The Morgan fingerprint density at radius 1 is 0.966 bits per heavy atom. The molecule has 3 aromatic rings. The molecule has 1 atom stereocenters. The summed E-state index contributed by atoms with van der Waals surface area (Å²) in [5, 5.41) is 9.98. The summed E-state index contributed by atoms with van der Waals surface area (Å²) in [6.07, 6.45) is 0.145. The minimum atomic E-state index is -1.08. The largest absolute Gasteiger partial charge is 0.480 e. The normalized spacial score (nSPS) is 12.6. The van der Waals surface area contributed by atoms with Crippen molar-refractivity contribution in [3.8, 4) is 11.1 Å². The Morgan fingerprint density at radius 3 is 2.38 bits per heavy atom. The molecule has 1 N–H and O–H groups in total. The van der Waals surface area contributed by atoms with E-state index in [0.717, 1.165) is 27.8 Å². The molecule has 0 saturated heterocycles. The van der Waals surface area contributed by atoms with Crippen LogP contribution in [0.5, 0.6) is 0 Å². The van der Waals surface area contributed by atoms with Gasteiger partial charge in [0.05, 0.1) is 12.8 Å². The van der Waals surface area contributed by atoms with E-state index in [1.54, 1.807) is 6.07 Å². The van der Waals surface area contributed by atoms with E-state index in [-0.39, 0.29) is 6.42 Å². The molecule has 4 rings (SSSR count). The smallest absolute Gasteiger partial charge is 0.414 e. The van der Waals surface area contributed by atoms with Crippen LogP contribution in [0.25, 0.3) is 11.1 Å². The van der Waals surface area contributed by atoms with Crippen molar-refractivity contribution in [2.75, 3.05) is 12.0 Å². The van der Waals surface area contributed by atoms with E-state index in [0.29, 0.717) is 12.1 Å². The topological polar surface area (TPSA) is 66.8 Å². The van der Waals surface area contributed by atoms with Gasteiger partial charge in [-0.05, 0) is 33.9 Å². The number of carbonyl (C=O) groups excluding carboxylic acids is 1. The molecule has 0 fully saturated rings. The SMILES string of the molecule is COC(=O)N(c1cccc2c1Cc1ccccc1-2)[C@@H](Cc1ccccc1)C(=O)O. The van der Waals surface area contributed by atoms with Crippen molar-refractivity contribution in [3.05, 3.63) is 89.5 Å². The van der Waals surface area contributed by atoms with Gasteiger partial charge < -0.3 is 9.84 Å². The van der Waals surface area contributed by atoms with E-state index >= 15 is 0 Å². The Morgan fingerprint density at radius 2 is 1.66 bits per heavy atom. The van der Waals surface area contributed by atoms with Gasteiger partial charge in [0, 0.05) is 12.8 Å². The molecule has 1 amide bonds. The molecule has 0 heterocycles. The minimum absolute atomic E-state index is 0.182. The first-order valence-corrected chi connectivity index (χ1v) is 9.44. The number of aliphatic carboxylic acids is 1. The van der Waals surface area contributed by atoms with Gasteiger partial charge in [-0.1, -0.05) is 66.7 Å². The molecule has 0 radical (unpaired) electrons. The number of carboxylic acid groups (broad SMARTS) is 1. The second-order valence-electron chi connectivity index (χ2n) is 7.02. The van der Waals surface area contributed by atoms with Gasteiger partial charge in [-0.15, -0.1) is 0 Å². The number of methoxy groups -OCH3 is 1. The third-order valence-corrected chi connectivity index (χ3v) is 5.33. The summed E-state index contributed by atoms with van der Waals surface area (Å²) in [5.41, 5.74) is 5.66. The lowest BCUT2D eigenvalue weighted by atomic mass is 10.0. The highest BCUT2D eigenvalue weighted by Gasteiger charge is 2.35. The van der Waals surface area contributed by atoms with Gasteiger partial charge in [0.15, 0.2) is 0 Å². The lowest BCUT2D eigenvalue weighted by Gasteiger charge is -2.29. The van der Waals surface area contributed by atoms with Crippen LogP contribution in [0.1, 0.15) is 16.7 Å². The molecule has 146 valence electrons. The lowest BCUT2D eigenvalue weighted by molar-refractivity contribution is -0.138. The highest BCUT2D eigenvalue weighted by Crippen LogP contribution is 2.42. The number of fused-ring (bicyclic) bond motifs is 3. The van der Waals surface area contributed by atoms with Gasteiger partial charge in [-0.3, -0.25) is 4.90 Å². The maximum absolute atomic E-state index is 12.8. The van der Waals surface area contributed by atoms with Crippen LogP contribution in [0, 0.1) is 0 Å². The van der Waals surface area contributed by atoms with Gasteiger partial charge in [-0.2, -0.15) is 0 Å². The van der Waals surface area contributed by atoms with E-state index < -0.39 is 18.1 Å². The number of nitrogens with zero attached hydrogens (tertiary/aromatic N) is 1. The zero-order valence-electron chi connectivity index (χ0n) is 16.0. The monoisotopic (exact) mass is 387 g/mol. The summed E-state index contributed by atoms with van der Waals surface area (Å²) in [6.45, 7) is 0. The first kappa shape index (κ1) is 18.7. The molecule has 1 aliphatic rings. The molecule has 5 nitrogen and oxygen atoms in total. The molecule has 0 aromatic heterocycles. The third kappa shape index (κ3) is 3.47. The van der Waals surface area contributed by atoms with Crippen LogP contribution in [-0.4, -0.2) is 30.3 Å². The van der Waals surface area contributed by atoms with Crippen LogP contribution in [-0.2, 0) is 22.4 Å². The molecule has 0 saturated carbocycles. The molecular weight excluding hydrogens is 366 g/mol. The number of hydrogen-bond acceptors (Lipinski definition) is 3. The first-order chi connectivity index (χ1) is 14.1. The second-order valence-corrected chi connectivity index (χ2v) is 7.02. The Hall–Kier alpha value is -3.60. The Labute approximate surface area is 169 Å². The highest BCUT2D eigenvalue weighted by atomic mass is 16.5. The van der Waals surface area contributed by atoms with Gasteiger partial charge in [0.2, 0.25) is 0 Å². The molecule has 1 aliphatic carbocycles. The van der Waals surface area contributed by atoms with Crippen LogP contribution < -0.4 is 4.90 Å². The zero-order valence-corrected chi connectivity index (χ0v) is 16.0. The quantitative estimate of drug-likeness (QED) is 0.546.